The maximum Gasteiger partial charge on any atom is 0.330 e. The van der Waals surface area contributed by atoms with Gasteiger partial charge in [0.2, 0.25) is 0 Å². The minimum Gasteiger partial charge on any atom is -0.466 e. The molecule has 0 saturated carbocycles. The number of benzene rings is 2. The van der Waals surface area contributed by atoms with E-state index in [-0.39, 0.29) is 11.9 Å². The van der Waals surface area contributed by atoms with Gasteiger partial charge >= 0.3 is 11.9 Å². The molecule has 2 fully saturated rings. The van der Waals surface area contributed by atoms with Crippen LogP contribution in [-0.2, 0) is 31.9 Å². The van der Waals surface area contributed by atoms with Gasteiger partial charge in [-0.05, 0) is 125 Å². The van der Waals surface area contributed by atoms with Crippen molar-refractivity contribution in [1.82, 2.24) is 30.6 Å². The van der Waals surface area contributed by atoms with Crippen molar-refractivity contribution in [3.8, 4) is 0 Å². The van der Waals surface area contributed by atoms with E-state index >= 15 is 0 Å². The molecule has 6 rings (SSSR count). The normalized spacial score (nSPS) is 17.0. The van der Waals surface area contributed by atoms with Gasteiger partial charge in [0.05, 0.1) is 25.6 Å². The lowest BCUT2D eigenvalue weighted by Gasteiger charge is -2.25. The van der Waals surface area contributed by atoms with Crippen LogP contribution in [0.2, 0.25) is 0 Å². The van der Waals surface area contributed by atoms with Gasteiger partial charge in [-0.15, -0.1) is 0 Å². The topological polar surface area (TPSA) is 125 Å². The van der Waals surface area contributed by atoms with Crippen molar-refractivity contribution in [3.63, 3.8) is 0 Å². The number of hydrogen-bond acceptors (Lipinski definition) is 8. The summed E-state index contributed by atoms with van der Waals surface area (Å²) >= 11 is 3.40. The van der Waals surface area contributed by atoms with E-state index in [0.29, 0.717) is 12.1 Å². The summed E-state index contributed by atoms with van der Waals surface area (Å²) in [5, 5.41) is 18.9. The molecule has 284 valence electrons. The summed E-state index contributed by atoms with van der Waals surface area (Å²) in [7, 11) is 2.76. The monoisotopic (exact) mass is 786 g/mol. The number of halogens is 1. The first-order valence-electron chi connectivity index (χ1n) is 18.4. The Bertz CT molecular complexity index is 1750. The molecular weight excluding hydrogens is 732 g/mol. The zero-order chi connectivity index (χ0) is 38.2. The Balaban J connectivity index is 0.000000198. The number of likely N-dealkylation sites (tertiary alicyclic amines) is 1. The van der Waals surface area contributed by atoms with Crippen molar-refractivity contribution in [3.05, 3.63) is 117 Å². The van der Waals surface area contributed by atoms with Crippen LogP contribution in [0.5, 0.6) is 0 Å². The van der Waals surface area contributed by atoms with E-state index in [1.54, 1.807) is 12.2 Å². The molecule has 2 aromatic heterocycles. The Morgan fingerprint density at radius 1 is 0.774 bits per heavy atom. The highest BCUT2D eigenvalue weighted by Crippen LogP contribution is 2.32. The first-order chi connectivity index (χ1) is 25.6. The Labute approximate surface area is 323 Å². The molecule has 10 nitrogen and oxygen atoms in total. The SMILES string of the molecule is COC(=O)/C=C/c1ccc([C@H]2CCCN2)cc1.COC(=O)/C=C/c1ccc([C@H]2CCCN2CCc2c(C)n[nH]c2C)cc1.Cc1n[nH]c(C)c1CCBr. The number of aromatic nitrogens is 4. The highest BCUT2D eigenvalue weighted by atomic mass is 79.9. The molecule has 0 spiro atoms. The molecule has 2 atom stereocenters. The molecule has 2 aromatic carbocycles. The van der Waals surface area contributed by atoms with Gasteiger partial charge in [-0.3, -0.25) is 15.1 Å². The number of carbonyl (C=O) groups is 2. The van der Waals surface area contributed by atoms with Crippen molar-refractivity contribution in [2.24, 2.45) is 0 Å². The minimum absolute atomic E-state index is 0.327. The summed E-state index contributed by atoms with van der Waals surface area (Å²) in [5.41, 5.74) is 12.0. The number of alkyl halides is 1. The number of rotatable bonds is 11. The Hall–Kier alpha value is -4.32. The second-order valence-corrected chi connectivity index (χ2v) is 14.2. The van der Waals surface area contributed by atoms with Crippen LogP contribution >= 0.6 is 15.9 Å². The van der Waals surface area contributed by atoms with Crippen LogP contribution in [0.4, 0.5) is 0 Å². The average molecular weight is 788 g/mol. The van der Waals surface area contributed by atoms with Gasteiger partial charge in [0.15, 0.2) is 0 Å². The number of aryl methyl sites for hydroxylation is 4. The molecule has 2 aliphatic rings. The zero-order valence-corrected chi connectivity index (χ0v) is 33.6. The van der Waals surface area contributed by atoms with Crippen LogP contribution in [0.15, 0.2) is 60.7 Å². The predicted octanol–water partition coefficient (Wildman–Crippen LogP) is 7.85. The standard InChI is InChI=1S/C21H27N3O2.C14H17NO2.C7H11BrN2/c1-15-19(16(2)23-22-15)12-14-24-13-4-5-20(24)18-9-6-17(7-10-18)8-11-21(25)26-3;1-17-14(16)9-6-11-4-7-12(8-5-11)13-3-2-10-15-13;1-5-7(3-4-8)6(2)10-9-5/h6-11,20H,4-5,12-14H2,1-3H3,(H,22,23);4-9,13,15H,2-3,10H2,1H3;3-4H2,1-2H3,(H,9,10)/b11-8+;9-6+;/t20-;13-;/m11./s1. The van der Waals surface area contributed by atoms with Crippen LogP contribution in [0.1, 0.15) is 93.9 Å². The van der Waals surface area contributed by atoms with E-state index in [2.05, 4.69) is 113 Å². The maximum atomic E-state index is 11.2. The summed E-state index contributed by atoms with van der Waals surface area (Å²) in [6, 6.07) is 17.7. The maximum absolute atomic E-state index is 11.2. The summed E-state index contributed by atoms with van der Waals surface area (Å²) in [6.07, 6.45) is 13.4. The largest absolute Gasteiger partial charge is 0.466 e. The average Bonchev–Trinajstić information content (AvgIpc) is 4.01. The first kappa shape index (κ1) is 41.4. The van der Waals surface area contributed by atoms with E-state index < -0.39 is 0 Å². The van der Waals surface area contributed by atoms with E-state index in [0.717, 1.165) is 60.3 Å². The van der Waals surface area contributed by atoms with Crippen molar-refractivity contribution in [2.75, 3.05) is 39.2 Å². The van der Waals surface area contributed by atoms with Gasteiger partial charge in [0, 0.05) is 47.5 Å². The van der Waals surface area contributed by atoms with Crippen LogP contribution in [0.3, 0.4) is 0 Å². The Morgan fingerprint density at radius 3 is 1.75 bits per heavy atom. The van der Waals surface area contributed by atoms with Crippen molar-refractivity contribution < 1.29 is 19.1 Å². The fourth-order valence-electron chi connectivity index (χ4n) is 6.81. The van der Waals surface area contributed by atoms with Gasteiger partial charge in [0.1, 0.15) is 0 Å². The third kappa shape index (κ3) is 12.7. The van der Waals surface area contributed by atoms with Crippen LogP contribution in [0, 0.1) is 27.7 Å². The molecule has 2 saturated heterocycles. The molecule has 2 aliphatic heterocycles. The highest BCUT2D eigenvalue weighted by Gasteiger charge is 2.26. The van der Waals surface area contributed by atoms with Crippen LogP contribution in [-0.4, -0.2) is 76.4 Å². The van der Waals surface area contributed by atoms with E-state index in [1.807, 2.05) is 19.1 Å². The second-order valence-electron chi connectivity index (χ2n) is 13.4. The lowest BCUT2D eigenvalue weighted by molar-refractivity contribution is -0.135. The number of aromatic amines is 2. The van der Waals surface area contributed by atoms with Gasteiger partial charge in [-0.2, -0.15) is 10.2 Å². The molecule has 4 heterocycles. The minimum atomic E-state index is -0.333. The molecule has 0 aliphatic carbocycles. The fraction of sp³-hybridized carbons (Fsp3) is 0.429. The number of ether oxygens (including phenoxy) is 2. The van der Waals surface area contributed by atoms with Gasteiger partial charge in [0.25, 0.3) is 0 Å². The van der Waals surface area contributed by atoms with Crippen molar-refractivity contribution in [1.29, 1.82) is 0 Å². The molecule has 11 heteroatoms. The predicted molar refractivity (Wildman–Crippen MR) is 216 cm³/mol. The number of hydrogen-bond donors (Lipinski definition) is 3. The number of nitrogens with one attached hydrogen (secondary N) is 3. The second kappa shape index (κ2) is 21.4. The quantitative estimate of drug-likeness (QED) is 0.0798. The van der Waals surface area contributed by atoms with E-state index in [9.17, 15) is 9.59 Å². The van der Waals surface area contributed by atoms with Crippen molar-refractivity contribution >= 4 is 40.0 Å². The van der Waals surface area contributed by atoms with E-state index in [4.69, 9.17) is 0 Å². The highest BCUT2D eigenvalue weighted by molar-refractivity contribution is 9.09. The Morgan fingerprint density at radius 2 is 1.30 bits per heavy atom. The molecule has 3 N–H and O–H groups in total. The molecular formula is C42H55BrN6O4. The van der Waals surface area contributed by atoms with E-state index in [1.165, 1.54) is 85.7 Å². The van der Waals surface area contributed by atoms with Crippen molar-refractivity contribution in [2.45, 2.75) is 78.3 Å². The summed E-state index contributed by atoms with van der Waals surface area (Å²) in [6.45, 7) is 11.5. The summed E-state index contributed by atoms with van der Waals surface area (Å²) in [5.74, 6) is -0.660. The lowest BCUT2D eigenvalue weighted by atomic mass is 10.0. The van der Waals surface area contributed by atoms with Gasteiger partial charge in [-0.1, -0.05) is 64.5 Å². The van der Waals surface area contributed by atoms with Gasteiger partial charge < -0.3 is 14.8 Å². The first-order valence-corrected chi connectivity index (χ1v) is 19.5. The molecule has 53 heavy (non-hydrogen) atoms. The lowest BCUT2D eigenvalue weighted by Crippen LogP contribution is -2.26. The Kier molecular flexibility index (Phi) is 16.7. The van der Waals surface area contributed by atoms with Crippen LogP contribution < -0.4 is 5.32 Å². The third-order valence-electron chi connectivity index (χ3n) is 9.87. The molecule has 4 aromatic rings. The van der Waals surface area contributed by atoms with Crippen LogP contribution in [0.25, 0.3) is 12.2 Å². The number of nitrogens with zero attached hydrogens (tertiary/aromatic N) is 3. The number of carbonyl (C=O) groups excluding carboxylic acids is 2. The molecule has 0 radical (unpaired) electrons. The zero-order valence-electron chi connectivity index (χ0n) is 32.0. The third-order valence-corrected chi connectivity index (χ3v) is 10.3. The molecule has 0 bridgehead atoms. The summed E-state index contributed by atoms with van der Waals surface area (Å²) < 4.78 is 9.17. The van der Waals surface area contributed by atoms with Gasteiger partial charge in [-0.25, -0.2) is 9.59 Å². The molecule has 0 unspecified atom stereocenters. The number of methoxy groups -OCH3 is 2. The smallest absolute Gasteiger partial charge is 0.330 e. The number of H-pyrrole nitrogens is 2. The number of esters is 2. The summed E-state index contributed by atoms with van der Waals surface area (Å²) in [4.78, 5) is 24.7. The molecule has 0 amide bonds. The fourth-order valence-corrected chi connectivity index (χ4v) is 7.20.